The number of methoxy groups -OCH3 is 1. The molecular weight excluding hydrogens is 220 g/mol. The van der Waals surface area contributed by atoms with Crippen LogP contribution in [0.25, 0.3) is 11.0 Å². The Bertz CT molecular complexity index is 596. The Kier molecular flexibility index (Phi) is 2.17. The van der Waals surface area contributed by atoms with Gasteiger partial charge in [-0.15, -0.1) is 0 Å². The Morgan fingerprint density at radius 1 is 1.40 bits per heavy atom. The smallest absolute Gasteiger partial charge is 0.328 e. The van der Waals surface area contributed by atoms with Gasteiger partial charge in [-0.25, -0.2) is 0 Å². The number of furan rings is 1. The van der Waals surface area contributed by atoms with Gasteiger partial charge in [-0.05, 0) is 6.07 Å². The SMILES string of the molecule is COc1cccc2cc(S(=O)(=O)O)oc12. The summed E-state index contributed by atoms with van der Waals surface area (Å²) in [6, 6.07) is 6.24. The van der Waals surface area contributed by atoms with Crippen molar-refractivity contribution in [2.24, 2.45) is 0 Å². The average Bonchev–Trinajstić information content (AvgIpc) is 2.59. The first-order chi connectivity index (χ1) is 7.02. The first kappa shape index (κ1) is 10.0. The van der Waals surface area contributed by atoms with Gasteiger partial charge < -0.3 is 9.15 Å². The molecule has 15 heavy (non-hydrogen) atoms. The van der Waals surface area contributed by atoms with Crippen LogP contribution >= 0.6 is 0 Å². The van der Waals surface area contributed by atoms with E-state index in [1.54, 1.807) is 18.2 Å². The number of fused-ring (bicyclic) bond motifs is 1. The normalized spacial score (nSPS) is 11.9. The summed E-state index contributed by atoms with van der Waals surface area (Å²) in [5.41, 5.74) is 0.299. The van der Waals surface area contributed by atoms with Gasteiger partial charge in [-0.1, -0.05) is 12.1 Å². The van der Waals surface area contributed by atoms with Gasteiger partial charge >= 0.3 is 10.1 Å². The summed E-state index contributed by atoms with van der Waals surface area (Å²) in [6.45, 7) is 0. The van der Waals surface area contributed by atoms with Crippen LogP contribution in [0.2, 0.25) is 0 Å². The second kappa shape index (κ2) is 3.25. The van der Waals surface area contributed by atoms with E-state index in [9.17, 15) is 8.42 Å². The summed E-state index contributed by atoms with van der Waals surface area (Å²) in [6.07, 6.45) is 0. The first-order valence-corrected chi connectivity index (χ1v) is 5.50. The van der Waals surface area contributed by atoms with Crippen LogP contribution in [0, 0.1) is 0 Å². The molecule has 1 heterocycles. The van der Waals surface area contributed by atoms with Gasteiger partial charge in [-0.3, -0.25) is 4.55 Å². The maximum Gasteiger partial charge on any atom is 0.328 e. The van der Waals surface area contributed by atoms with Crippen LogP contribution in [-0.2, 0) is 10.1 Å². The van der Waals surface area contributed by atoms with Crippen molar-refractivity contribution in [2.75, 3.05) is 7.11 Å². The molecule has 0 saturated carbocycles. The molecule has 0 aliphatic rings. The highest BCUT2D eigenvalue weighted by Crippen LogP contribution is 2.29. The Morgan fingerprint density at radius 3 is 2.73 bits per heavy atom. The van der Waals surface area contributed by atoms with Crippen molar-refractivity contribution in [2.45, 2.75) is 5.09 Å². The molecule has 0 saturated heterocycles. The minimum Gasteiger partial charge on any atom is -0.493 e. The van der Waals surface area contributed by atoms with E-state index in [1.165, 1.54) is 13.2 Å². The number of rotatable bonds is 2. The van der Waals surface area contributed by atoms with Crippen molar-refractivity contribution in [1.82, 2.24) is 0 Å². The lowest BCUT2D eigenvalue weighted by atomic mass is 10.2. The third-order valence-corrected chi connectivity index (χ3v) is 2.67. The van der Waals surface area contributed by atoms with Crippen LogP contribution in [0.3, 0.4) is 0 Å². The number of hydrogen-bond donors (Lipinski definition) is 1. The van der Waals surface area contributed by atoms with E-state index in [2.05, 4.69) is 0 Å². The molecule has 0 amide bonds. The van der Waals surface area contributed by atoms with Crippen molar-refractivity contribution in [1.29, 1.82) is 0 Å². The molecule has 80 valence electrons. The van der Waals surface area contributed by atoms with Crippen LogP contribution in [-0.4, -0.2) is 20.1 Å². The maximum absolute atomic E-state index is 10.8. The van der Waals surface area contributed by atoms with Gasteiger partial charge in [0.25, 0.3) is 0 Å². The summed E-state index contributed by atoms with van der Waals surface area (Å²) in [5, 5.41) is 0.0731. The fraction of sp³-hybridized carbons (Fsp3) is 0.111. The molecule has 5 nitrogen and oxygen atoms in total. The van der Waals surface area contributed by atoms with E-state index >= 15 is 0 Å². The minimum absolute atomic E-state index is 0.299. The second-order valence-electron chi connectivity index (χ2n) is 2.92. The standard InChI is InChI=1S/C9H8O5S/c1-13-7-4-2-3-6-5-8(14-9(6)7)15(10,11)12/h2-5H,1H3,(H,10,11,12). The predicted octanol–water partition coefficient (Wildman–Crippen LogP) is 1.69. The van der Waals surface area contributed by atoms with E-state index in [0.29, 0.717) is 16.7 Å². The third kappa shape index (κ3) is 1.69. The topological polar surface area (TPSA) is 76.7 Å². The fourth-order valence-electron chi connectivity index (χ4n) is 1.30. The van der Waals surface area contributed by atoms with Gasteiger partial charge in [0.2, 0.25) is 5.09 Å². The Hall–Kier alpha value is -1.53. The molecule has 0 fully saturated rings. The minimum atomic E-state index is -4.31. The van der Waals surface area contributed by atoms with Gasteiger partial charge in [-0.2, -0.15) is 8.42 Å². The molecule has 1 N–H and O–H groups in total. The first-order valence-electron chi connectivity index (χ1n) is 4.06. The van der Waals surface area contributed by atoms with Crippen LogP contribution in [0.5, 0.6) is 5.75 Å². The van der Waals surface area contributed by atoms with Crippen molar-refractivity contribution in [3.05, 3.63) is 24.3 Å². The quantitative estimate of drug-likeness (QED) is 0.791. The molecule has 1 aromatic carbocycles. The van der Waals surface area contributed by atoms with Crippen molar-refractivity contribution >= 4 is 21.1 Å². The number of hydrogen-bond acceptors (Lipinski definition) is 4. The van der Waals surface area contributed by atoms with E-state index in [0.717, 1.165) is 0 Å². The number of ether oxygens (including phenoxy) is 1. The molecule has 2 rings (SSSR count). The lowest BCUT2D eigenvalue weighted by Crippen LogP contribution is -1.94. The van der Waals surface area contributed by atoms with E-state index < -0.39 is 15.2 Å². The van der Waals surface area contributed by atoms with Crippen LogP contribution < -0.4 is 4.74 Å². The monoisotopic (exact) mass is 228 g/mol. The molecular formula is C9H8O5S. The summed E-state index contributed by atoms with van der Waals surface area (Å²) in [7, 11) is -2.86. The molecule has 1 aromatic heterocycles. The summed E-state index contributed by atoms with van der Waals surface area (Å²) in [4.78, 5) is 0. The van der Waals surface area contributed by atoms with Crippen LogP contribution in [0.4, 0.5) is 0 Å². The van der Waals surface area contributed by atoms with Gasteiger partial charge in [0.15, 0.2) is 11.3 Å². The van der Waals surface area contributed by atoms with Crippen molar-refractivity contribution < 1.29 is 22.1 Å². The summed E-state index contributed by atoms with van der Waals surface area (Å²) < 4.78 is 40.4. The second-order valence-corrected chi connectivity index (χ2v) is 4.27. The van der Waals surface area contributed by atoms with Crippen LogP contribution in [0.15, 0.2) is 33.8 Å². The zero-order valence-corrected chi connectivity index (χ0v) is 8.61. The van der Waals surface area contributed by atoms with Gasteiger partial charge in [0.1, 0.15) is 0 Å². The molecule has 6 heteroatoms. The van der Waals surface area contributed by atoms with Crippen molar-refractivity contribution in [3.63, 3.8) is 0 Å². The Morgan fingerprint density at radius 2 is 2.13 bits per heavy atom. The molecule has 0 bridgehead atoms. The highest BCUT2D eigenvalue weighted by molar-refractivity contribution is 7.85. The van der Waals surface area contributed by atoms with Crippen LogP contribution in [0.1, 0.15) is 0 Å². The molecule has 0 spiro atoms. The molecule has 0 radical (unpaired) electrons. The Balaban J connectivity index is 2.76. The summed E-state index contributed by atoms with van der Waals surface area (Å²) >= 11 is 0. The number of benzene rings is 1. The molecule has 0 aliphatic carbocycles. The van der Waals surface area contributed by atoms with Gasteiger partial charge in [0.05, 0.1) is 7.11 Å². The van der Waals surface area contributed by atoms with E-state index in [-0.39, 0.29) is 0 Å². The molecule has 0 atom stereocenters. The van der Waals surface area contributed by atoms with E-state index in [1.807, 2.05) is 0 Å². The Labute approximate surface area is 86.0 Å². The zero-order valence-electron chi connectivity index (χ0n) is 7.80. The highest BCUT2D eigenvalue weighted by Gasteiger charge is 2.17. The predicted molar refractivity (Wildman–Crippen MR) is 52.6 cm³/mol. The zero-order chi connectivity index (χ0) is 11.1. The average molecular weight is 228 g/mol. The molecule has 0 unspecified atom stereocenters. The van der Waals surface area contributed by atoms with Crippen molar-refractivity contribution in [3.8, 4) is 5.75 Å². The highest BCUT2D eigenvalue weighted by atomic mass is 32.2. The van der Waals surface area contributed by atoms with E-state index in [4.69, 9.17) is 13.7 Å². The van der Waals surface area contributed by atoms with Gasteiger partial charge in [0, 0.05) is 11.5 Å². The fourth-order valence-corrected chi connectivity index (χ4v) is 1.77. The number of para-hydroxylation sites is 1. The molecule has 2 aromatic rings. The third-order valence-electron chi connectivity index (χ3n) is 1.96. The lowest BCUT2D eigenvalue weighted by molar-refractivity contribution is 0.392. The largest absolute Gasteiger partial charge is 0.493 e. The summed E-state index contributed by atoms with van der Waals surface area (Å²) in [5.74, 6) is 0.419. The lowest BCUT2D eigenvalue weighted by Gasteiger charge is -1.98. The maximum atomic E-state index is 10.8. The molecule has 0 aliphatic heterocycles.